The highest BCUT2D eigenvalue weighted by Gasteiger charge is 2.07. The van der Waals surface area contributed by atoms with E-state index in [-0.39, 0.29) is 6.61 Å². The van der Waals surface area contributed by atoms with Crippen molar-refractivity contribution in [2.24, 2.45) is 0 Å². The van der Waals surface area contributed by atoms with Gasteiger partial charge >= 0.3 is 0 Å². The standard InChI is InChI=1S/C15H19ClN2O3/c1-10-5-14(3-4-15(10)16)20-9-13(19)8-17-7-12-6-11(2)21-18-12/h3-6,13,17,19H,7-9H2,1-2H3. The minimum atomic E-state index is -0.603. The second-order valence-electron chi connectivity index (χ2n) is 4.94. The first-order chi connectivity index (χ1) is 10.0. The summed E-state index contributed by atoms with van der Waals surface area (Å²) in [6.45, 7) is 4.93. The van der Waals surface area contributed by atoms with Gasteiger partial charge in [0.1, 0.15) is 24.2 Å². The zero-order chi connectivity index (χ0) is 15.2. The summed E-state index contributed by atoms with van der Waals surface area (Å²) in [5.41, 5.74) is 1.76. The van der Waals surface area contributed by atoms with Gasteiger partial charge in [-0.05, 0) is 37.6 Å². The predicted octanol–water partition coefficient (Wildman–Crippen LogP) is 2.47. The number of aryl methyl sites for hydroxylation is 2. The van der Waals surface area contributed by atoms with Crippen LogP contribution in [-0.2, 0) is 6.54 Å². The van der Waals surface area contributed by atoms with Crippen LogP contribution in [0.25, 0.3) is 0 Å². The smallest absolute Gasteiger partial charge is 0.133 e. The summed E-state index contributed by atoms with van der Waals surface area (Å²) in [5.74, 6) is 1.47. The van der Waals surface area contributed by atoms with Crippen LogP contribution >= 0.6 is 11.6 Å². The molecule has 114 valence electrons. The lowest BCUT2D eigenvalue weighted by molar-refractivity contribution is 0.106. The minimum Gasteiger partial charge on any atom is -0.491 e. The van der Waals surface area contributed by atoms with Gasteiger partial charge in [-0.1, -0.05) is 16.8 Å². The molecule has 0 aliphatic heterocycles. The largest absolute Gasteiger partial charge is 0.491 e. The summed E-state index contributed by atoms with van der Waals surface area (Å²) >= 11 is 5.94. The van der Waals surface area contributed by atoms with Crippen molar-refractivity contribution in [3.8, 4) is 5.75 Å². The van der Waals surface area contributed by atoms with Gasteiger partial charge in [0, 0.05) is 24.2 Å². The quantitative estimate of drug-likeness (QED) is 0.822. The Hall–Kier alpha value is -1.56. The average Bonchev–Trinajstić information content (AvgIpc) is 2.86. The number of aliphatic hydroxyl groups excluding tert-OH is 1. The number of nitrogens with zero attached hydrogens (tertiary/aromatic N) is 1. The molecule has 1 aromatic carbocycles. The summed E-state index contributed by atoms with van der Waals surface area (Å²) in [6.07, 6.45) is -0.603. The normalized spacial score (nSPS) is 12.4. The van der Waals surface area contributed by atoms with E-state index in [1.807, 2.05) is 26.0 Å². The summed E-state index contributed by atoms with van der Waals surface area (Å²) in [4.78, 5) is 0. The third kappa shape index (κ3) is 5.04. The molecule has 0 spiro atoms. The van der Waals surface area contributed by atoms with Gasteiger partial charge in [0.15, 0.2) is 0 Å². The Morgan fingerprint density at radius 1 is 1.38 bits per heavy atom. The van der Waals surface area contributed by atoms with Gasteiger partial charge in [0.25, 0.3) is 0 Å². The van der Waals surface area contributed by atoms with Gasteiger partial charge in [-0.15, -0.1) is 0 Å². The zero-order valence-electron chi connectivity index (χ0n) is 12.1. The van der Waals surface area contributed by atoms with Gasteiger partial charge in [0.05, 0.1) is 5.69 Å². The van der Waals surface area contributed by atoms with Crippen molar-refractivity contribution in [2.45, 2.75) is 26.5 Å². The molecule has 0 bridgehead atoms. The number of hydrogen-bond donors (Lipinski definition) is 2. The van der Waals surface area contributed by atoms with Gasteiger partial charge in [-0.3, -0.25) is 0 Å². The fourth-order valence-corrected chi connectivity index (χ4v) is 1.94. The van der Waals surface area contributed by atoms with Crippen LogP contribution in [0.1, 0.15) is 17.0 Å². The molecule has 2 rings (SSSR count). The number of hydrogen-bond acceptors (Lipinski definition) is 5. The van der Waals surface area contributed by atoms with Gasteiger partial charge in [-0.25, -0.2) is 0 Å². The number of benzene rings is 1. The summed E-state index contributed by atoms with van der Waals surface area (Å²) in [6, 6.07) is 7.27. The van der Waals surface area contributed by atoms with Gasteiger partial charge in [0.2, 0.25) is 0 Å². The maximum Gasteiger partial charge on any atom is 0.133 e. The summed E-state index contributed by atoms with van der Waals surface area (Å²) in [5, 5.41) is 17.5. The first-order valence-electron chi connectivity index (χ1n) is 6.74. The molecule has 2 aromatic rings. The third-order valence-corrected chi connectivity index (χ3v) is 3.36. The molecule has 1 atom stereocenters. The molecule has 0 fully saturated rings. The van der Waals surface area contributed by atoms with Crippen LogP contribution in [0.2, 0.25) is 5.02 Å². The molecule has 2 N–H and O–H groups in total. The maximum atomic E-state index is 9.86. The Bertz CT molecular complexity index is 586. The van der Waals surface area contributed by atoms with E-state index in [1.54, 1.807) is 12.1 Å². The molecule has 0 aliphatic rings. The molecule has 6 heteroatoms. The molecule has 21 heavy (non-hydrogen) atoms. The second-order valence-corrected chi connectivity index (χ2v) is 5.34. The van der Waals surface area contributed by atoms with Crippen LogP contribution in [0.4, 0.5) is 0 Å². The average molecular weight is 311 g/mol. The van der Waals surface area contributed by atoms with E-state index >= 15 is 0 Å². The van der Waals surface area contributed by atoms with E-state index in [0.717, 1.165) is 17.0 Å². The van der Waals surface area contributed by atoms with Crippen LogP contribution in [0, 0.1) is 13.8 Å². The molecular formula is C15H19ClN2O3. The van der Waals surface area contributed by atoms with E-state index < -0.39 is 6.10 Å². The molecule has 1 unspecified atom stereocenters. The van der Waals surface area contributed by atoms with E-state index in [1.165, 1.54) is 0 Å². The van der Waals surface area contributed by atoms with Crippen molar-refractivity contribution in [1.29, 1.82) is 0 Å². The lowest BCUT2D eigenvalue weighted by Crippen LogP contribution is -2.31. The highest BCUT2D eigenvalue weighted by Crippen LogP contribution is 2.21. The fraction of sp³-hybridized carbons (Fsp3) is 0.400. The lowest BCUT2D eigenvalue weighted by atomic mass is 10.2. The van der Waals surface area contributed by atoms with Crippen molar-refractivity contribution in [2.75, 3.05) is 13.2 Å². The molecule has 0 radical (unpaired) electrons. The van der Waals surface area contributed by atoms with E-state index in [9.17, 15) is 5.11 Å². The first-order valence-corrected chi connectivity index (χ1v) is 7.12. The van der Waals surface area contributed by atoms with Gasteiger partial charge in [-0.2, -0.15) is 0 Å². The third-order valence-electron chi connectivity index (χ3n) is 2.93. The molecule has 0 saturated heterocycles. The maximum absolute atomic E-state index is 9.86. The van der Waals surface area contributed by atoms with Crippen LogP contribution in [0.5, 0.6) is 5.75 Å². The number of aromatic nitrogens is 1. The van der Waals surface area contributed by atoms with Crippen molar-refractivity contribution < 1.29 is 14.4 Å². The second kappa shape index (κ2) is 7.45. The van der Waals surface area contributed by atoms with Crippen LogP contribution in [0.15, 0.2) is 28.8 Å². The SMILES string of the molecule is Cc1cc(CNCC(O)COc2ccc(Cl)c(C)c2)no1. The summed E-state index contributed by atoms with van der Waals surface area (Å²) in [7, 11) is 0. The summed E-state index contributed by atoms with van der Waals surface area (Å²) < 4.78 is 10.5. The van der Waals surface area contributed by atoms with E-state index in [4.69, 9.17) is 20.9 Å². The van der Waals surface area contributed by atoms with Crippen molar-refractivity contribution in [3.63, 3.8) is 0 Å². The van der Waals surface area contributed by atoms with E-state index in [0.29, 0.717) is 23.9 Å². The molecule has 0 saturated carbocycles. The van der Waals surface area contributed by atoms with E-state index in [2.05, 4.69) is 10.5 Å². The molecule has 1 heterocycles. The molecule has 1 aromatic heterocycles. The van der Waals surface area contributed by atoms with Crippen molar-refractivity contribution in [3.05, 3.63) is 46.3 Å². The topological polar surface area (TPSA) is 67.5 Å². The van der Waals surface area contributed by atoms with Crippen molar-refractivity contribution >= 4 is 11.6 Å². The fourth-order valence-electron chi connectivity index (χ4n) is 1.83. The Balaban J connectivity index is 1.69. The number of nitrogens with one attached hydrogen (secondary N) is 1. The Morgan fingerprint density at radius 3 is 2.86 bits per heavy atom. The predicted molar refractivity (Wildman–Crippen MR) is 80.6 cm³/mol. The number of halogens is 1. The molecule has 5 nitrogen and oxygen atoms in total. The van der Waals surface area contributed by atoms with Crippen LogP contribution < -0.4 is 10.1 Å². The van der Waals surface area contributed by atoms with Crippen LogP contribution in [-0.4, -0.2) is 29.5 Å². The number of aliphatic hydroxyl groups is 1. The first kappa shape index (κ1) is 15.8. The molecule has 0 aliphatic carbocycles. The minimum absolute atomic E-state index is 0.214. The van der Waals surface area contributed by atoms with Gasteiger partial charge < -0.3 is 19.7 Å². The Kier molecular flexibility index (Phi) is 5.61. The van der Waals surface area contributed by atoms with Crippen molar-refractivity contribution in [1.82, 2.24) is 10.5 Å². The number of ether oxygens (including phenoxy) is 1. The monoisotopic (exact) mass is 310 g/mol. The highest BCUT2D eigenvalue weighted by atomic mass is 35.5. The molecular weight excluding hydrogens is 292 g/mol. The Morgan fingerprint density at radius 2 is 2.19 bits per heavy atom. The highest BCUT2D eigenvalue weighted by molar-refractivity contribution is 6.31. The molecule has 0 amide bonds. The number of rotatable bonds is 7. The van der Waals surface area contributed by atoms with Crippen LogP contribution in [0.3, 0.4) is 0 Å². The Labute approximate surface area is 128 Å². The zero-order valence-corrected chi connectivity index (χ0v) is 12.9. The lowest BCUT2D eigenvalue weighted by Gasteiger charge is -2.13.